The Morgan fingerprint density at radius 1 is 1.39 bits per heavy atom. The van der Waals surface area contributed by atoms with Crippen molar-refractivity contribution < 1.29 is 9.90 Å². The van der Waals surface area contributed by atoms with Gasteiger partial charge in [-0.05, 0) is 24.3 Å². The molecule has 2 atom stereocenters. The van der Waals surface area contributed by atoms with E-state index in [1.54, 1.807) is 0 Å². The number of likely N-dealkylation sites (tertiary alicyclic amines) is 1. The van der Waals surface area contributed by atoms with E-state index < -0.39 is 0 Å². The number of hydrogen-bond acceptors (Lipinski definition) is 2. The molecule has 98 valence electrons. The van der Waals surface area contributed by atoms with Crippen LogP contribution >= 0.6 is 0 Å². The first kappa shape index (κ1) is 13.1. The van der Waals surface area contributed by atoms with Crippen LogP contribution in [-0.2, 0) is 11.2 Å². The Morgan fingerprint density at radius 2 is 2.11 bits per heavy atom. The minimum absolute atomic E-state index is 0.0215. The number of rotatable bonds is 4. The molecule has 1 aromatic carbocycles. The number of carbonyl (C=O) groups excluding carboxylic acids is 1. The van der Waals surface area contributed by atoms with Gasteiger partial charge in [-0.25, -0.2) is 0 Å². The highest BCUT2D eigenvalue weighted by atomic mass is 16.3. The molecule has 3 nitrogen and oxygen atoms in total. The van der Waals surface area contributed by atoms with Crippen molar-refractivity contribution in [3.05, 3.63) is 35.9 Å². The van der Waals surface area contributed by atoms with E-state index in [4.69, 9.17) is 0 Å². The largest absolute Gasteiger partial charge is 0.394 e. The number of hydrogen-bond donors (Lipinski definition) is 1. The smallest absolute Gasteiger partial charge is 0.223 e. The van der Waals surface area contributed by atoms with Crippen molar-refractivity contribution in [1.82, 2.24) is 4.90 Å². The lowest BCUT2D eigenvalue weighted by molar-refractivity contribution is -0.133. The van der Waals surface area contributed by atoms with Crippen LogP contribution in [0.2, 0.25) is 0 Å². The van der Waals surface area contributed by atoms with Crippen LogP contribution in [-0.4, -0.2) is 35.1 Å². The topological polar surface area (TPSA) is 40.5 Å². The van der Waals surface area contributed by atoms with Gasteiger partial charge in [-0.3, -0.25) is 4.79 Å². The highest BCUT2D eigenvalue weighted by Crippen LogP contribution is 2.24. The SMILES string of the molecule is CC1CCN(C(=O)CCc2ccccc2)C1CO. The molecule has 0 bridgehead atoms. The van der Waals surface area contributed by atoms with E-state index in [0.717, 1.165) is 19.4 Å². The maximum absolute atomic E-state index is 12.1. The summed E-state index contributed by atoms with van der Waals surface area (Å²) in [5.74, 6) is 0.581. The quantitative estimate of drug-likeness (QED) is 0.882. The zero-order valence-electron chi connectivity index (χ0n) is 10.9. The van der Waals surface area contributed by atoms with Crippen LogP contribution in [0, 0.1) is 5.92 Å². The first-order valence-corrected chi connectivity index (χ1v) is 6.66. The molecule has 0 saturated carbocycles. The van der Waals surface area contributed by atoms with Gasteiger partial charge in [-0.2, -0.15) is 0 Å². The summed E-state index contributed by atoms with van der Waals surface area (Å²) in [6.45, 7) is 2.98. The van der Waals surface area contributed by atoms with Crippen LogP contribution in [0.4, 0.5) is 0 Å². The molecule has 0 radical (unpaired) electrons. The van der Waals surface area contributed by atoms with Gasteiger partial charge in [0.05, 0.1) is 12.6 Å². The van der Waals surface area contributed by atoms with Crippen molar-refractivity contribution in [2.75, 3.05) is 13.2 Å². The molecule has 1 N–H and O–H groups in total. The Morgan fingerprint density at radius 3 is 2.78 bits per heavy atom. The van der Waals surface area contributed by atoms with Crippen molar-refractivity contribution in [2.24, 2.45) is 5.92 Å². The molecule has 1 aromatic rings. The van der Waals surface area contributed by atoms with Gasteiger partial charge in [0, 0.05) is 13.0 Å². The van der Waals surface area contributed by atoms with E-state index in [2.05, 4.69) is 6.92 Å². The van der Waals surface area contributed by atoms with Gasteiger partial charge in [-0.1, -0.05) is 37.3 Å². The molecular weight excluding hydrogens is 226 g/mol. The zero-order valence-corrected chi connectivity index (χ0v) is 10.9. The summed E-state index contributed by atoms with van der Waals surface area (Å²) in [5, 5.41) is 9.35. The average molecular weight is 247 g/mol. The second-order valence-electron chi connectivity index (χ2n) is 5.09. The summed E-state index contributed by atoms with van der Waals surface area (Å²) in [6.07, 6.45) is 2.32. The van der Waals surface area contributed by atoms with Crippen molar-refractivity contribution in [3.63, 3.8) is 0 Å². The van der Waals surface area contributed by atoms with E-state index in [-0.39, 0.29) is 18.6 Å². The summed E-state index contributed by atoms with van der Waals surface area (Å²) < 4.78 is 0. The molecule has 1 saturated heterocycles. The third kappa shape index (κ3) is 2.91. The molecule has 1 fully saturated rings. The second-order valence-corrected chi connectivity index (χ2v) is 5.09. The predicted octanol–water partition coefficient (Wildman–Crippen LogP) is 1.85. The number of benzene rings is 1. The highest BCUT2D eigenvalue weighted by molar-refractivity contribution is 5.77. The Hall–Kier alpha value is -1.35. The maximum atomic E-state index is 12.1. The molecule has 1 aliphatic rings. The number of amides is 1. The minimum Gasteiger partial charge on any atom is -0.394 e. The lowest BCUT2D eigenvalue weighted by Gasteiger charge is -2.25. The van der Waals surface area contributed by atoms with Crippen LogP contribution in [0.3, 0.4) is 0 Å². The summed E-state index contributed by atoms with van der Waals surface area (Å²) >= 11 is 0. The van der Waals surface area contributed by atoms with Gasteiger partial charge in [0.15, 0.2) is 0 Å². The van der Waals surface area contributed by atoms with Crippen molar-refractivity contribution in [3.8, 4) is 0 Å². The molecular formula is C15H21NO2. The van der Waals surface area contributed by atoms with Gasteiger partial charge < -0.3 is 10.0 Å². The maximum Gasteiger partial charge on any atom is 0.223 e. The number of aliphatic hydroxyl groups excluding tert-OH is 1. The highest BCUT2D eigenvalue weighted by Gasteiger charge is 2.33. The monoisotopic (exact) mass is 247 g/mol. The van der Waals surface area contributed by atoms with Crippen LogP contribution in [0.15, 0.2) is 30.3 Å². The van der Waals surface area contributed by atoms with E-state index in [1.165, 1.54) is 5.56 Å². The summed E-state index contributed by atoms with van der Waals surface area (Å²) in [4.78, 5) is 14.0. The van der Waals surface area contributed by atoms with E-state index >= 15 is 0 Å². The Bertz CT molecular complexity index is 391. The number of nitrogens with zero attached hydrogens (tertiary/aromatic N) is 1. The van der Waals surface area contributed by atoms with Crippen molar-refractivity contribution in [2.45, 2.75) is 32.2 Å². The first-order valence-electron chi connectivity index (χ1n) is 6.66. The molecule has 2 rings (SSSR count). The molecule has 1 aliphatic heterocycles. The third-order valence-corrected chi connectivity index (χ3v) is 3.86. The van der Waals surface area contributed by atoms with Crippen LogP contribution in [0.5, 0.6) is 0 Å². The van der Waals surface area contributed by atoms with Gasteiger partial charge in [0.1, 0.15) is 0 Å². The Labute approximate surface area is 108 Å². The molecule has 0 aliphatic carbocycles. The molecule has 3 heteroatoms. The number of aryl methyl sites for hydroxylation is 1. The summed E-state index contributed by atoms with van der Waals surface area (Å²) in [5.41, 5.74) is 1.19. The minimum atomic E-state index is 0.0215. The van der Waals surface area contributed by atoms with E-state index in [0.29, 0.717) is 12.3 Å². The fraction of sp³-hybridized carbons (Fsp3) is 0.533. The lowest BCUT2D eigenvalue weighted by atomic mass is 10.0. The Balaban J connectivity index is 1.88. The fourth-order valence-corrected chi connectivity index (χ4v) is 2.64. The fourth-order valence-electron chi connectivity index (χ4n) is 2.64. The normalized spacial score (nSPS) is 23.3. The summed E-state index contributed by atoms with van der Waals surface area (Å²) in [7, 11) is 0. The molecule has 2 unspecified atom stereocenters. The van der Waals surface area contributed by atoms with Gasteiger partial charge in [0.2, 0.25) is 5.91 Å². The molecule has 18 heavy (non-hydrogen) atoms. The first-order chi connectivity index (χ1) is 8.72. The summed E-state index contributed by atoms with van der Waals surface area (Å²) in [6, 6.07) is 10.1. The number of aliphatic hydroxyl groups is 1. The standard InChI is InChI=1S/C15H21NO2/c1-12-9-10-16(14(12)11-17)15(18)8-7-13-5-3-2-4-6-13/h2-6,12,14,17H,7-11H2,1H3. The van der Waals surface area contributed by atoms with Gasteiger partial charge in [0.25, 0.3) is 0 Å². The molecule has 1 amide bonds. The van der Waals surface area contributed by atoms with Crippen LogP contribution in [0.25, 0.3) is 0 Å². The lowest BCUT2D eigenvalue weighted by Crippen LogP contribution is -2.39. The van der Waals surface area contributed by atoms with E-state index in [1.807, 2.05) is 35.2 Å². The zero-order chi connectivity index (χ0) is 13.0. The molecule has 1 heterocycles. The van der Waals surface area contributed by atoms with Gasteiger partial charge in [-0.15, -0.1) is 0 Å². The van der Waals surface area contributed by atoms with Crippen LogP contribution in [0.1, 0.15) is 25.3 Å². The Kier molecular flexibility index (Phi) is 4.37. The molecule has 0 aromatic heterocycles. The predicted molar refractivity (Wildman–Crippen MR) is 71.1 cm³/mol. The van der Waals surface area contributed by atoms with Gasteiger partial charge >= 0.3 is 0 Å². The van der Waals surface area contributed by atoms with Crippen molar-refractivity contribution >= 4 is 5.91 Å². The van der Waals surface area contributed by atoms with E-state index in [9.17, 15) is 9.90 Å². The third-order valence-electron chi connectivity index (χ3n) is 3.86. The second kappa shape index (κ2) is 6.01. The number of carbonyl (C=O) groups is 1. The molecule has 0 spiro atoms. The van der Waals surface area contributed by atoms with Crippen molar-refractivity contribution in [1.29, 1.82) is 0 Å². The van der Waals surface area contributed by atoms with Crippen LogP contribution < -0.4 is 0 Å². The average Bonchev–Trinajstić information content (AvgIpc) is 2.78.